The van der Waals surface area contributed by atoms with E-state index in [-0.39, 0.29) is 5.41 Å². The molecule has 216 valence electrons. The number of hydrogen-bond donors (Lipinski definition) is 0. The van der Waals surface area contributed by atoms with Gasteiger partial charge < -0.3 is 0 Å². The van der Waals surface area contributed by atoms with Gasteiger partial charge in [0.05, 0.1) is 0 Å². The predicted octanol–water partition coefficient (Wildman–Crippen LogP) is 13.2. The Balaban J connectivity index is 1.24. The van der Waals surface area contributed by atoms with Gasteiger partial charge in [-0.15, -0.1) is 11.3 Å². The minimum absolute atomic E-state index is 0.00399. The predicted molar refractivity (Wildman–Crippen MR) is 200 cm³/mol. The van der Waals surface area contributed by atoms with Gasteiger partial charge in [0.25, 0.3) is 0 Å². The maximum absolute atomic E-state index is 2.45. The van der Waals surface area contributed by atoms with Crippen LogP contribution in [0.4, 0.5) is 0 Å². The van der Waals surface area contributed by atoms with Gasteiger partial charge in [-0.05, 0) is 95.0 Å². The van der Waals surface area contributed by atoms with Gasteiger partial charge in [0.15, 0.2) is 0 Å². The van der Waals surface area contributed by atoms with E-state index in [0.717, 1.165) is 0 Å². The van der Waals surface area contributed by atoms with Crippen molar-refractivity contribution >= 4 is 63.8 Å². The molecule has 9 aromatic rings. The van der Waals surface area contributed by atoms with Gasteiger partial charge in [-0.25, -0.2) is 0 Å². The molecule has 46 heavy (non-hydrogen) atoms. The van der Waals surface area contributed by atoms with E-state index >= 15 is 0 Å². The molecule has 0 amide bonds. The zero-order valence-electron chi connectivity index (χ0n) is 25.8. The molecule has 1 aliphatic rings. The first-order chi connectivity index (χ1) is 22.6. The Morgan fingerprint density at radius 1 is 0.413 bits per heavy atom. The highest BCUT2D eigenvalue weighted by molar-refractivity contribution is 7.26. The summed E-state index contributed by atoms with van der Waals surface area (Å²) in [6, 6.07) is 54.6. The molecular weight excluding hydrogens is 573 g/mol. The summed E-state index contributed by atoms with van der Waals surface area (Å²) in [6.45, 7) is 4.71. The average Bonchev–Trinajstić information content (AvgIpc) is 3.59. The Kier molecular flexibility index (Phi) is 5.31. The van der Waals surface area contributed by atoms with E-state index in [0.29, 0.717) is 0 Å². The molecule has 0 spiro atoms. The minimum atomic E-state index is -0.00399. The number of benzene rings is 8. The summed E-state index contributed by atoms with van der Waals surface area (Å²) in [5.74, 6) is 0. The highest BCUT2D eigenvalue weighted by Gasteiger charge is 2.35. The maximum Gasteiger partial charge on any atom is 0.0361 e. The molecule has 1 heterocycles. The van der Waals surface area contributed by atoms with Crippen LogP contribution in [0.15, 0.2) is 146 Å². The SMILES string of the molecule is CC1(C)c2ccccc2-c2cc(-c3c4ccccc4c(-c4ccc5c(c4)sc4ccc6ccccc6c45)c4ccccc34)ccc21. The first-order valence-electron chi connectivity index (χ1n) is 16.1. The lowest BCUT2D eigenvalue weighted by Gasteiger charge is -2.22. The number of fused-ring (bicyclic) bond motifs is 10. The van der Waals surface area contributed by atoms with Crippen LogP contribution in [0.25, 0.3) is 85.9 Å². The van der Waals surface area contributed by atoms with E-state index in [1.165, 1.54) is 97.0 Å². The maximum atomic E-state index is 2.45. The third-order valence-corrected chi connectivity index (χ3v) is 11.6. The van der Waals surface area contributed by atoms with Gasteiger partial charge in [-0.3, -0.25) is 0 Å². The highest BCUT2D eigenvalue weighted by Crippen LogP contribution is 2.51. The molecular formula is C45H30S. The molecule has 0 aliphatic heterocycles. The van der Waals surface area contributed by atoms with E-state index in [9.17, 15) is 0 Å². The quantitative estimate of drug-likeness (QED) is 0.173. The van der Waals surface area contributed by atoms with Crippen molar-refractivity contribution in [2.24, 2.45) is 0 Å². The largest absolute Gasteiger partial charge is 0.135 e. The monoisotopic (exact) mass is 602 g/mol. The second-order valence-corrected chi connectivity index (χ2v) is 14.3. The van der Waals surface area contributed by atoms with Crippen molar-refractivity contribution in [1.29, 1.82) is 0 Å². The highest BCUT2D eigenvalue weighted by atomic mass is 32.1. The van der Waals surface area contributed by atoms with Crippen LogP contribution in [0.1, 0.15) is 25.0 Å². The Morgan fingerprint density at radius 3 is 1.70 bits per heavy atom. The molecule has 0 bridgehead atoms. The Labute approximate surface area is 272 Å². The summed E-state index contributed by atoms with van der Waals surface area (Å²) in [5, 5.41) is 10.5. The normalized spacial score (nSPS) is 13.6. The van der Waals surface area contributed by atoms with Gasteiger partial charge in [-0.2, -0.15) is 0 Å². The molecule has 0 radical (unpaired) electrons. The lowest BCUT2D eigenvalue weighted by molar-refractivity contribution is 0.660. The molecule has 8 aromatic carbocycles. The van der Waals surface area contributed by atoms with Crippen LogP contribution in [0, 0.1) is 0 Å². The third-order valence-electron chi connectivity index (χ3n) is 10.5. The van der Waals surface area contributed by atoms with E-state index in [1.807, 2.05) is 11.3 Å². The molecule has 1 heteroatoms. The molecule has 0 unspecified atom stereocenters. The summed E-state index contributed by atoms with van der Waals surface area (Å²) in [4.78, 5) is 0. The van der Waals surface area contributed by atoms with Crippen LogP contribution in [0.5, 0.6) is 0 Å². The Morgan fingerprint density at radius 2 is 0.978 bits per heavy atom. The fourth-order valence-corrected chi connectivity index (χ4v) is 9.49. The van der Waals surface area contributed by atoms with Crippen molar-refractivity contribution in [3.05, 3.63) is 157 Å². The van der Waals surface area contributed by atoms with Crippen LogP contribution in [-0.2, 0) is 5.41 Å². The Hall–Kier alpha value is -5.24. The number of hydrogen-bond acceptors (Lipinski definition) is 1. The molecule has 1 aromatic heterocycles. The van der Waals surface area contributed by atoms with Crippen molar-refractivity contribution < 1.29 is 0 Å². The smallest absolute Gasteiger partial charge is 0.0361 e. The summed E-state index contributed by atoms with van der Waals surface area (Å²) in [5.41, 5.74) is 10.7. The average molecular weight is 603 g/mol. The molecule has 0 saturated heterocycles. The third kappa shape index (κ3) is 3.49. The van der Waals surface area contributed by atoms with Crippen LogP contribution < -0.4 is 0 Å². The van der Waals surface area contributed by atoms with Crippen molar-refractivity contribution in [3.63, 3.8) is 0 Å². The molecule has 0 saturated carbocycles. The minimum Gasteiger partial charge on any atom is -0.135 e. The zero-order valence-corrected chi connectivity index (χ0v) is 26.6. The topological polar surface area (TPSA) is 0 Å². The second-order valence-electron chi connectivity index (χ2n) is 13.2. The van der Waals surface area contributed by atoms with Gasteiger partial charge in [0.1, 0.15) is 0 Å². The standard InChI is InChI=1S/C45H30S/c1-45(2)38-18-10-9-13-31(38)37-25-28(20-23-39(37)45)42-32-14-5-7-16-34(32)43(35-17-8-6-15-33(35)42)29-19-22-36-41(26-29)46-40-24-21-27-11-3-4-12-30(27)44(36)40/h3-26H,1-2H3. The van der Waals surface area contributed by atoms with Crippen LogP contribution >= 0.6 is 11.3 Å². The van der Waals surface area contributed by atoms with Crippen LogP contribution in [0.2, 0.25) is 0 Å². The van der Waals surface area contributed by atoms with Crippen molar-refractivity contribution in [2.45, 2.75) is 19.3 Å². The molecule has 0 atom stereocenters. The lowest BCUT2D eigenvalue weighted by Crippen LogP contribution is -2.14. The van der Waals surface area contributed by atoms with Crippen molar-refractivity contribution in [1.82, 2.24) is 0 Å². The fraction of sp³-hybridized carbons (Fsp3) is 0.0667. The van der Waals surface area contributed by atoms with E-state index < -0.39 is 0 Å². The lowest BCUT2D eigenvalue weighted by atomic mass is 9.81. The van der Waals surface area contributed by atoms with Gasteiger partial charge >= 0.3 is 0 Å². The van der Waals surface area contributed by atoms with Gasteiger partial charge in [0, 0.05) is 25.6 Å². The van der Waals surface area contributed by atoms with E-state index in [2.05, 4.69) is 159 Å². The molecule has 0 nitrogen and oxygen atoms in total. The summed E-state index contributed by atoms with van der Waals surface area (Å²) >= 11 is 1.90. The van der Waals surface area contributed by atoms with Gasteiger partial charge in [-0.1, -0.05) is 141 Å². The summed E-state index contributed by atoms with van der Waals surface area (Å²) in [7, 11) is 0. The summed E-state index contributed by atoms with van der Waals surface area (Å²) < 4.78 is 2.68. The van der Waals surface area contributed by atoms with Gasteiger partial charge in [0.2, 0.25) is 0 Å². The number of rotatable bonds is 2. The molecule has 0 N–H and O–H groups in total. The molecule has 0 fully saturated rings. The second kappa shape index (κ2) is 9.39. The summed E-state index contributed by atoms with van der Waals surface area (Å²) in [6.07, 6.45) is 0. The van der Waals surface area contributed by atoms with E-state index in [4.69, 9.17) is 0 Å². The van der Waals surface area contributed by atoms with E-state index in [1.54, 1.807) is 0 Å². The van der Waals surface area contributed by atoms with Crippen molar-refractivity contribution in [3.8, 4) is 33.4 Å². The number of thiophene rings is 1. The zero-order chi connectivity index (χ0) is 30.6. The Bertz CT molecular complexity index is 2660. The first kappa shape index (κ1) is 26.0. The van der Waals surface area contributed by atoms with Crippen molar-refractivity contribution in [2.75, 3.05) is 0 Å². The van der Waals surface area contributed by atoms with Crippen LogP contribution in [-0.4, -0.2) is 0 Å². The fourth-order valence-electron chi connectivity index (χ4n) is 8.33. The first-order valence-corrected chi connectivity index (χ1v) is 16.9. The molecule has 10 rings (SSSR count). The van der Waals surface area contributed by atoms with Crippen LogP contribution in [0.3, 0.4) is 0 Å². The molecule has 1 aliphatic carbocycles.